The van der Waals surface area contributed by atoms with E-state index in [0.29, 0.717) is 40.9 Å². The van der Waals surface area contributed by atoms with Gasteiger partial charge >= 0.3 is 6.09 Å². The number of carbonyl (C=O) groups is 3. The highest BCUT2D eigenvalue weighted by atomic mass is 19.1. The van der Waals surface area contributed by atoms with Gasteiger partial charge in [-0.05, 0) is 30.0 Å². The van der Waals surface area contributed by atoms with Gasteiger partial charge in [-0.15, -0.1) is 0 Å². The van der Waals surface area contributed by atoms with Crippen molar-refractivity contribution in [3.05, 3.63) is 101 Å². The maximum absolute atomic E-state index is 13.7. The van der Waals surface area contributed by atoms with Crippen molar-refractivity contribution in [3.8, 4) is 0 Å². The highest BCUT2D eigenvalue weighted by Crippen LogP contribution is 2.32. The molecule has 1 saturated carbocycles. The fraction of sp³-hybridized carbons (Fsp3) is 0.290. The molecule has 3 aromatic carbocycles. The number of nitrogens with zero attached hydrogens (tertiary/aromatic N) is 2. The van der Waals surface area contributed by atoms with Gasteiger partial charge in [0, 0.05) is 18.2 Å². The number of hydrogen-bond donors (Lipinski definition) is 2. The van der Waals surface area contributed by atoms with E-state index in [1.54, 1.807) is 31.3 Å². The number of alkyl carbamates (subject to hydrolysis) is 1. The Kier molecular flexibility index (Phi) is 7.91. The molecule has 5 rings (SSSR count). The van der Waals surface area contributed by atoms with Crippen molar-refractivity contribution in [2.75, 3.05) is 11.9 Å². The zero-order valence-electron chi connectivity index (χ0n) is 22.2. The number of benzene rings is 3. The van der Waals surface area contributed by atoms with Gasteiger partial charge in [0.05, 0.1) is 11.4 Å². The molecule has 1 unspecified atom stereocenters. The van der Waals surface area contributed by atoms with Crippen molar-refractivity contribution in [1.82, 2.24) is 10.6 Å². The average molecular weight is 543 g/mol. The first-order chi connectivity index (χ1) is 19.4. The Labute approximate surface area is 232 Å². The lowest BCUT2D eigenvalue weighted by Gasteiger charge is -2.30. The number of halogens is 1. The van der Waals surface area contributed by atoms with Crippen LogP contribution in [0.3, 0.4) is 0 Å². The number of amides is 3. The number of carbonyl (C=O) groups excluding carboxylic acids is 3. The SMILES string of the molecule is CN1C(=O)C(NC(=O)C2(NC(=O)OCc3ccccc3)CCCC2)N=C(c2ccc(CF)cc2)c2ccccc21. The topological polar surface area (TPSA) is 100 Å². The summed E-state index contributed by atoms with van der Waals surface area (Å²) in [7, 11) is 1.63. The number of fused-ring (bicyclic) bond motifs is 1. The summed E-state index contributed by atoms with van der Waals surface area (Å²) in [6.45, 7) is -0.518. The Hall–Kier alpha value is -4.53. The molecule has 0 saturated heterocycles. The molecule has 0 bridgehead atoms. The minimum Gasteiger partial charge on any atom is -0.445 e. The van der Waals surface area contributed by atoms with Gasteiger partial charge in [-0.1, -0.05) is 85.6 Å². The number of likely N-dealkylation sites (N-methyl/N-ethyl adjacent to an activating group) is 1. The molecule has 9 heteroatoms. The molecule has 3 aromatic rings. The maximum Gasteiger partial charge on any atom is 0.408 e. The van der Waals surface area contributed by atoms with Gasteiger partial charge in [0.15, 0.2) is 0 Å². The van der Waals surface area contributed by atoms with Crippen LogP contribution in [-0.2, 0) is 27.6 Å². The summed E-state index contributed by atoms with van der Waals surface area (Å²) in [6.07, 6.45) is 0.377. The van der Waals surface area contributed by atoms with E-state index in [4.69, 9.17) is 9.73 Å². The number of hydrogen-bond acceptors (Lipinski definition) is 5. The summed E-state index contributed by atoms with van der Waals surface area (Å²) in [5.74, 6) is -0.911. The Morgan fingerprint density at radius 2 is 1.65 bits per heavy atom. The summed E-state index contributed by atoms with van der Waals surface area (Å²) >= 11 is 0. The summed E-state index contributed by atoms with van der Waals surface area (Å²) < 4.78 is 18.5. The summed E-state index contributed by atoms with van der Waals surface area (Å²) in [6, 6.07) is 23.5. The molecule has 8 nitrogen and oxygen atoms in total. The van der Waals surface area contributed by atoms with Crippen molar-refractivity contribution in [2.45, 2.75) is 50.7 Å². The van der Waals surface area contributed by atoms with Crippen molar-refractivity contribution < 1.29 is 23.5 Å². The number of ether oxygens (including phenoxy) is 1. The third kappa shape index (κ3) is 5.59. The quantitative estimate of drug-likeness (QED) is 0.454. The van der Waals surface area contributed by atoms with Crippen LogP contribution in [0.1, 0.15) is 47.9 Å². The molecule has 1 fully saturated rings. The van der Waals surface area contributed by atoms with Crippen LogP contribution in [0.25, 0.3) is 0 Å². The zero-order chi connectivity index (χ0) is 28.1. The lowest BCUT2D eigenvalue weighted by molar-refractivity contribution is -0.131. The molecule has 1 atom stereocenters. The normalized spacial score (nSPS) is 17.9. The number of anilines is 1. The van der Waals surface area contributed by atoms with Crippen LogP contribution in [0, 0.1) is 0 Å². The predicted octanol–water partition coefficient (Wildman–Crippen LogP) is 4.65. The molecular formula is C31H31FN4O4. The van der Waals surface area contributed by atoms with E-state index < -0.39 is 36.3 Å². The van der Waals surface area contributed by atoms with Crippen LogP contribution in [0.5, 0.6) is 0 Å². The number of aliphatic imine (C=N–C) groups is 1. The molecule has 206 valence electrons. The van der Waals surface area contributed by atoms with Crippen LogP contribution in [0.4, 0.5) is 14.9 Å². The Bertz CT molecular complexity index is 1420. The highest BCUT2D eigenvalue weighted by Gasteiger charge is 2.45. The van der Waals surface area contributed by atoms with Gasteiger partial charge in [0.2, 0.25) is 12.1 Å². The van der Waals surface area contributed by atoms with E-state index in [1.807, 2.05) is 54.6 Å². The third-order valence-corrected chi connectivity index (χ3v) is 7.44. The van der Waals surface area contributed by atoms with Gasteiger partial charge in [0.25, 0.3) is 5.91 Å². The summed E-state index contributed by atoms with van der Waals surface area (Å²) in [4.78, 5) is 46.2. The van der Waals surface area contributed by atoms with Gasteiger partial charge in [0.1, 0.15) is 18.8 Å². The fourth-order valence-corrected chi connectivity index (χ4v) is 5.20. The molecule has 1 heterocycles. The monoisotopic (exact) mass is 542 g/mol. The third-order valence-electron chi connectivity index (χ3n) is 7.44. The number of alkyl halides is 1. The van der Waals surface area contributed by atoms with E-state index in [-0.39, 0.29) is 6.61 Å². The molecule has 3 amide bonds. The second-order valence-corrected chi connectivity index (χ2v) is 10.1. The largest absolute Gasteiger partial charge is 0.445 e. The van der Waals surface area contributed by atoms with E-state index in [2.05, 4.69) is 10.6 Å². The Balaban J connectivity index is 1.41. The lowest BCUT2D eigenvalue weighted by atomic mass is 9.96. The van der Waals surface area contributed by atoms with Crippen molar-refractivity contribution >= 4 is 29.3 Å². The van der Waals surface area contributed by atoms with E-state index in [0.717, 1.165) is 18.4 Å². The molecule has 0 spiro atoms. The smallest absolute Gasteiger partial charge is 0.408 e. The van der Waals surface area contributed by atoms with Crippen molar-refractivity contribution in [1.29, 1.82) is 0 Å². The minimum absolute atomic E-state index is 0.0728. The van der Waals surface area contributed by atoms with Crippen LogP contribution in [0.2, 0.25) is 0 Å². The average Bonchev–Trinajstić information content (AvgIpc) is 3.44. The molecular weight excluding hydrogens is 511 g/mol. The molecule has 0 radical (unpaired) electrons. The number of benzodiazepines with no additional fused rings is 1. The fourth-order valence-electron chi connectivity index (χ4n) is 5.20. The van der Waals surface area contributed by atoms with E-state index in [1.165, 1.54) is 4.90 Å². The van der Waals surface area contributed by atoms with Gasteiger partial charge in [-0.3, -0.25) is 9.59 Å². The Morgan fingerprint density at radius 1 is 0.975 bits per heavy atom. The van der Waals surface area contributed by atoms with Crippen LogP contribution in [0.15, 0.2) is 83.9 Å². The minimum atomic E-state index is -1.24. The summed E-state index contributed by atoms with van der Waals surface area (Å²) in [5, 5.41) is 5.59. The first kappa shape index (κ1) is 27.1. The Morgan fingerprint density at radius 3 is 2.35 bits per heavy atom. The van der Waals surface area contributed by atoms with E-state index >= 15 is 0 Å². The zero-order valence-corrected chi connectivity index (χ0v) is 22.2. The van der Waals surface area contributed by atoms with Crippen LogP contribution < -0.4 is 15.5 Å². The second-order valence-electron chi connectivity index (χ2n) is 10.1. The molecule has 1 aliphatic heterocycles. The van der Waals surface area contributed by atoms with Gasteiger partial charge < -0.3 is 20.3 Å². The molecule has 2 N–H and O–H groups in total. The maximum atomic E-state index is 13.7. The van der Waals surface area contributed by atoms with Gasteiger partial charge in [-0.25, -0.2) is 14.2 Å². The first-order valence-electron chi connectivity index (χ1n) is 13.3. The van der Waals surface area contributed by atoms with Crippen molar-refractivity contribution in [2.24, 2.45) is 4.99 Å². The first-order valence-corrected chi connectivity index (χ1v) is 13.3. The number of nitrogens with one attached hydrogen (secondary N) is 2. The number of rotatable bonds is 7. The lowest BCUT2D eigenvalue weighted by Crippen LogP contribution is -2.60. The van der Waals surface area contributed by atoms with Crippen LogP contribution in [-0.4, -0.2) is 42.4 Å². The highest BCUT2D eigenvalue weighted by molar-refractivity contribution is 6.20. The predicted molar refractivity (Wildman–Crippen MR) is 150 cm³/mol. The molecule has 0 aromatic heterocycles. The van der Waals surface area contributed by atoms with Crippen LogP contribution >= 0.6 is 0 Å². The molecule has 40 heavy (non-hydrogen) atoms. The molecule has 1 aliphatic carbocycles. The summed E-state index contributed by atoms with van der Waals surface area (Å²) in [5.41, 5.74) is 2.67. The second kappa shape index (κ2) is 11.7. The van der Waals surface area contributed by atoms with E-state index in [9.17, 15) is 18.8 Å². The molecule has 2 aliphatic rings. The standard InChI is InChI=1S/C31H31FN4O4/c1-36-25-12-6-5-11-24(25)26(23-15-13-21(19-32)14-16-23)33-27(28(36)37)34-29(38)31(17-7-8-18-31)35-30(39)40-20-22-9-3-2-4-10-22/h2-6,9-16,27H,7-8,17-20H2,1H3,(H,34,38)(H,35,39). The van der Waals surface area contributed by atoms with Crippen molar-refractivity contribution in [3.63, 3.8) is 0 Å². The van der Waals surface area contributed by atoms with Gasteiger partial charge in [-0.2, -0.15) is 0 Å². The number of para-hydroxylation sites is 1.